The van der Waals surface area contributed by atoms with E-state index in [0.717, 1.165) is 21.6 Å². The molecule has 0 saturated heterocycles. The van der Waals surface area contributed by atoms with E-state index in [-0.39, 0.29) is 11.9 Å². The monoisotopic (exact) mass is 328 g/mol. The number of aromatic nitrogens is 1. The molecule has 0 aliphatic heterocycles. The summed E-state index contributed by atoms with van der Waals surface area (Å²) in [7, 11) is 0. The lowest BCUT2D eigenvalue weighted by Gasteiger charge is -2.15. The van der Waals surface area contributed by atoms with Crippen molar-refractivity contribution in [3.63, 3.8) is 0 Å². The highest BCUT2D eigenvalue weighted by Gasteiger charge is 2.10. The quantitative estimate of drug-likeness (QED) is 0.909. The maximum atomic E-state index is 13.0. The summed E-state index contributed by atoms with van der Waals surface area (Å²) in [6.07, 6.45) is 1.88. The molecule has 1 atom stereocenters. The molecule has 0 bridgehead atoms. The first-order valence-electron chi connectivity index (χ1n) is 5.66. The molecule has 1 aromatic carbocycles. The Labute approximate surface area is 118 Å². The summed E-state index contributed by atoms with van der Waals surface area (Å²) in [5.74, 6) is -0.228. The van der Waals surface area contributed by atoms with Crippen molar-refractivity contribution < 1.29 is 4.39 Å². The molecule has 1 N–H and O–H groups in total. The second-order valence-corrected chi connectivity index (χ2v) is 6.31. The van der Waals surface area contributed by atoms with Gasteiger partial charge in [-0.15, -0.1) is 11.3 Å². The summed E-state index contributed by atoms with van der Waals surface area (Å²) in [4.78, 5) is 5.51. The van der Waals surface area contributed by atoms with Crippen LogP contribution in [-0.4, -0.2) is 4.98 Å². The molecule has 18 heavy (non-hydrogen) atoms. The van der Waals surface area contributed by atoms with Gasteiger partial charge in [0.2, 0.25) is 0 Å². The van der Waals surface area contributed by atoms with Gasteiger partial charge in [0.05, 0.1) is 0 Å². The van der Waals surface area contributed by atoms with Crippen LogP contribution in [0.25, 0.3) is 0 Å². The van der Waals surface area contributed by atoms with E-state index in [0.29, 0.717) is 0 Å². The van der Waals surface area contributed by atoms with Gasteiger partial charge < -0.3 is 5.32 Å². The van der Waals surface area contributed by atoms with Crippen molar-refractivity contribution in [2.75, 3.05) is 0 Å². The lowest BCUT2D eigenvalue weighted by molar-refractivity contribution is 0.567. The molecule has 2 aromatic rings. The van der Waals surface area contributed by atoms with Crippen molar-refractivity contribution >= 4 is 27.3 Å². The SMILES string of the molecule is Cc1cnc(CNC(C)c2ccc(F)cc2Br)s1. The molecule has 0 fully saturated rings. The first-order valence-corrected chi connectivity index (χ1v) is 7.27. The van der Waals surface area contributed by atoms with E-state index in [2.05, 4.69) is 33.2 Å². The van der Waals surface area contributed by atoms with Gasteiger partial charge in [0, 0.05) is 28.1 Å². The van der Waals surface area contributed by atoms with E-state index in [9.17, 15) is 4.39 Å². The van der Waals surface area contributed by atoms with Gasteiger partial charge in [-0.25, -0.2) is 9.37 Å². The largest absolute Gasteiger partial charge is 0.304 e. The summed E-state index contributed by atoms with van der Waals surface area (Å²) in [5.41, 5.74) is 1.05. The van der Waals surface area contributed by atoms with Crippen molar-refractivity contribution in [1.29, 1.82) is 0 Å². The molecule has 0 radical (unpaired) electrons. The average molecular weight is 329 g/mol. The number of nitrogens with zero attached hydrogens (tertiary/aromatic N) is 1. The van der Waals surface area contributed by atoms with Crippen LogP contribution in [0.4, 0.5) is 4.39 Å². The van der Waals surface area contributed by atoms with Crippen LogP contribution in [0.2, 0.25) is 0 Å². The maximum Gasteiger partial charge on any atom is 0.124 e. The fourth-order valence-corrected chi connectivity index (χ4v) is 3.12. The number of rotatable bonds is 4. The third-order valence-corrected chi connectivity index (χ3v) is 4.26. The number of hydrogen-bond acceptors (Lipinski definition) is 3. The second-order valence-electron chi connectivity index (χ2n) is 4.13. The van der Waals surface area contributed by atoms with Gasteiger partial charge in [-0.2, -0.15) is 0 Å². The third-order valence-electron chi connectivity index (χ3n) is 2.66. The lowest BCUT2D eigenvalue weighted by atomic mass is 10.1. The highest BCUT2D eigenvalue weighted by molar-refractivity contribution is 9.10. The Kier molecular flexibility index (Phi) is 4.48. The molecule has 1 heterocycles. The van der Waals surface area contributed by atoms with E-state index in [4.69, 9.17) is 0 Å². The molecule has 0 aliphatic rings. The minimum Gasteiger partial charge on any atom is -0.304 e. The van der Waals surface area contributed by atoms with Crippen LogP contribution >= 0.6 is 27.3 Å². The van der Waals surface area contributed by atoms with Gasteiger partial charge in [-0.05, 0) is 31.5 Å². The molecule has 0 saturated carbocycles. The number of hydrogen-bond donors (Lipinski definition) is 1. The zero-order chi connectivity index (χ0) is 13.1. The topological polar surface area (TPSA) is 24.9 Å². The normalized spacial score (nSPS) is 12.7. The minimum absolute atomic E-state index is 0.143. The molecule has 5 heteroatoms. The maximum absolute atomic E-state index is 13.0. The van der Waals surface area contributed by atoms with Crippen LogP contribution in [0.5, 0.6) is 0 Å². The van der Waals surface area contributed by atoms with E-state index < -0.39 is 0 Å². The summed E-state index contributed by atoms with van der Waals surface area (Å²) >= 11 is 5.07. The lowest BCUT2D eigenvalue weighted by Crippen LogP contribution is -2.18. The zero-order valence-electron chi connectivity index (χ0n) is 10.2. The average Bonchev–Trinajstić information content (AvgIpc) is 2.72. The molecule has 2 nitrogen and oxygen atoms in total. The van der Waals surface area contributed by atoms with Gasteiger partial charge >= 0.3 is 0 Å². The standard InChI is InChI=1S/C13H14BrFN2S/c1-8-6-17-13(18-8)7-16-9(2)11-4-3-10(15)5-12(11)14/h3-6,9,16H,7H2,1-2H3. The summed E-state index contributed by atoms with van der Waals surface area (Å²) in [6.45, 7) is 4.82. The van der Waals surface area contributed by atoms with Crippen molar-refractivity contribution in [3.8, 4) is 0 Å². The van der Waals surface area contributed by atoms with Gasteiger partial charge in [0.1, 0.15) is 10.8 Å². The highest BCUT2D eigenvalue weighted by Crippen LogP contribution is 2.24. The first-order chi connectivity index (χ1) is 8.56. The van der Waals surface area contributed by atoms with Gasteiger partial charge in [-0.3, -0.25) is 0 Å². The molecule has 0 aliphatic carbocycles. The molecule has 96 valence electrons. The fraction of sp³-hybridized carbons (Fsp3) is 0.308. The molecular formula is C13H14BrFN2S. The predicted octanol–water partition coefficient (Wildman–Crippen LogP) is 4.20. The number of halogens is 2. The Balaban J connectivity index is 2.01. The Morgan fingerprint density at radius 1 is 1.50 bits per heavy atom. The molecule has 2 rings (SSSR count). The van der Waals surface area contributed by atoms with Crippen molar-refractivity contribution in [2.24, 2.45) is 0 Å². The first kappa shape index (κ1) is 13.6. The molecular weight excluding hydrogens is 315 g/mol. The van der Waals surface area contributed by atoms with Crippen molar-refractivity contribution in [3.05, 3.63) is 50.1 Å². The Morgan fingerprint density at radius 3 is 2.89 bits per heavy atom. The molecule has 1 unspecified atom stereocenters. The molecule has 0 amide bonds. The second kappa shape index (κ2) is 5.91. The molecule has 1 aromatic heterocycles. The number of thiazole rings is 1. The van der Waals surface area contributed by atoms with Crippen molar-refractivity contribution in [2.45, 2.75) is 26.4 Å². The van der Waals surface area contributed by atoms with Gasteiger partial charge in [0.25, 0.3) is 0 Å². The van der Waals surface area contributed by atoms with E-state index in [1.54, 1.807) is 17.4 Å². The van der Waals surface area contributed by atoms with Crippen LogP contribution in [0, 0.1) is 12.7 Å². The Hall–Kier alpha value is -0.780. The van der Waals surface area contributed by atoms with Crippen LogP contribution < -0.4 is 5.32 Å². The summed E-state index contributed by atoms with van der Waals surface area (Å²) in [5, 5.41) is 4.45. The van der Waals surface area contributed by atoms with Gasteiger partial charge in [-0.1, -0.05) is 22.0 Å². The summed E-state index contributed by atoms with van der Waals surface area (Å²) in [6, 6.07) is 4.90. The molecule has 0 spiro atoms. The Morgan fingerprint density at radius 2 is 2.28 bits per heavy atom. The van der Waals surface area contributed by atoms with Crippen LogP contribution in [0.1, 0.15) is 28.4 Å². The fourth-order valence-electron chi connectivity index (χ4n) is 1.69. The van der Waals surface area contributed by atoms with Crippen molar-refractivity contribution in [1.82, 2.24) is 10.3 Å². The Bertz CT molecular complexity index is 542. The minimum atomic E-state index is -0.228. The predicted molar refractivity (Wildman–Crippen MR) is 76.2 cm³/mol. The van der Waals surface area contributed by atoms with E-state index in [1.807, 2.05) is 13.1 Å². The van der Waals surface area contributed by atoms with Crippen LogP contribution in [-0.2, 0) is 6.54 Å². The smallest absolute Gasteiger partial charge is 0.124 e. The van der Waals surface area contributed by atoms with Gasteiger partial charge in [0.15, 0.2) is 0 Å². The number of aryl methyl sites for hydroxylation is 1. The number of benzene rings is 1. The van der Waals surface area contributed by atoms with Crippen LogP contribution in [0.15, 0.2) is 28.9 Å². The highest BCUT2D eigenvalue weighted by atomic mass is 79.9. The van der Waals surface area contributed by atoms with E-state index in [1.165, 1.54) is 17.0 Å². The number of nitrogens with one attached hydrogen (secondary N) is 1. The third kappa shape index (κ3) is 3.37. The van der Waals surface area contributed by atoms with E-state index >= 15 is 0 Å². The zero-order valence-corrected chi connectivity index (χ0v) is 12.6. The summed E-state index contributed by atoms with van der Waals surface area (Å²) < 4.78 is 13.8. The van der Waals surface area contributed by atoms with Crippen LogP contribution in [0.3, 0.4) is 0 Å².